The summed E-state index contributed by atoms with van der Waals surface area (Å²) in [6, 6.07) is 9.50. The first-order valence-corrected chi connectivity index (χ1v) is 14.3. The minimum atomic E-state index is -3.35. The van der Waals surface area contributed by atoms with E-state index in [2.05, 4.69) is 20.4 Å². The molecule has 1 atom stereocenters. The Morgan fingerprint density at radius 3 is 2.68 bits per heavy atom. The average molecular weight is 547 g/mol. The van der Waals surface area contributed by atoms with Crippen molar-refractivity contribution in [2.45, 2.75) is 41.9 Å². The lowest BCUT2D eigenvalue weighted by molar-refractivity contribution is -0.110. The summed E-state index contributed by atoms with van der Waals surface area (Å²) in [5.41, 5.74) is 0.981. The number of pyridine rings is 1. The molecule has 0 spiro atoms. The number of ether oxygens (including phenoxy) is 2. The molecule has 0 bridgehead atoms. The minimum Gasteiger partial charge on any atom is -0.478 e. The zero-order valence-corrected chi connectivity index (χ0v) is 21.5. The number of aliphatic hydroxyl groups excluding tert-OH is 1. The molecule has 1 aliphatic heterocycles. The van der Waals surface area contributed by atoms with E-state index < -0.39 is 15.7 Å². The van der Waals surface area contributed by atoms with Gasteiger partial charge in [-0.1, -0.05) is 28.6 Å². The number of rotatable bonds is 11. The van der Waals surface area contributed by atoms with Crippen molar-refractivity contribution in [2.75, 3.05) is 31.7 Å². The molecule has 0 unspecified atom stereocenters. The Morgan fingerprint density at radius 1 is 1.16 bits per heavy atom. The quantitative estimate of drug-likeness (QED) is 0.210. The van der Waals surface area contributed by atoms with Crippen LogP contribution in [-0.4, -0.2) is 72.9 Å². The molecule has 2 N–H and O–H groups in total. The Morgan fingerprint density at radius 2 is 1.97 bits per heavy atom. The molecule has 1 amide bonds. The molecule has 2 aromatic heterocycles. The van der Waals surface area contributed by atoms with E-state index in [0.717, 1.165) is 0 Å². The molecule has 2 fully saturated rings. The summed E-state index contributed by atoms with van der Waals surface area (Å²) in [4.78, 5) is 28.4. The van der Waals surface area contributed by atoms with Gasteiger partial charge in [-0.25, -0.2) is 18.4 Å². The van der Waals surface area contributed by atoms with Gasteiger partial charge in [0.25, 0.3) is 5.91 Å². The van der Waals surface area contributed by atoms with Gasteiger partial charge < -0.3 is 19.4 Å². The molecule has 37 heavy (non-hydrogen) atoms. The third-order valence-corrected chi connectivity index (χ3v) is 8.98. The van der Waals surface area contributed by atoms with Gasteiger partial charge in [0.1, 0.15) is 10.3 Å². The fourth-order valence-corrected chi connectivity index (χ4v) is 6.14. The average Bonchev–Trinajstić information content (AvgIpc) is 3.50. The minimum absolute atomic E-state index is 0.0116. The third kappa shape index (κ3) is 6.06. The molecule has 3 heterocycles. The topological polar surface area (TPSA) is 149 Å². The maximum Gasteiger partial charge on any atom is 0.280 e. The van der Waals surface area contributed by atoms with Gasteiger partial charge in [0.15, 0.2) is 26.8 Å². The number of carbonyl (C=O) groups excluding carboxylic acids is 1. The van der Waals surface area contributed by atoms with Gasteiger partial charge in [0.05, 0.1) is 30.0 Å². The van der Waals surface area contributed by atoms with E-state index in [0.29, 0.717) is 72.4 Å². The van der Waals surface area contributed by atoms with E-state index >= 15 is 0 Å². The molecule has 196 valence electrons. The molecule has 1 saturated carbocycles. The summed E-state index contributed by atoms with van der Waals surface area (Å²) in [6.07, 6.45) is 2.22. The molecular formula is C24H26N4O7S2. The van der Waals surface area contributed by atoms with Crippen molar-refractivity contribution in [1.82, 2.24) is 9.97 Å². The second-order valence-electron chi connectivity index (χ2n) is 8.67. The van der Waals surface area contributed by atoms with E-state index in [1.165, 1.54) is 23.5 Å². The van der Waals surface area contributed by atoms with Gasteiger partial charge in [-0.2, -0.15) is 0 Å². The van der Waals surface area contributed by atoms with Gasteiger partial charge in [-0.05, 0) is 31.0 Å². The molecular weight excluding hydrogens is 520 g/mol. The Bertz CT molecular complexity index is 1400. The van der Waals surface area contributed by atoms with Crippen molar-refractivity contribution in [3.63, 3.8) is 0 Å². The number of fused-ring (bicyclic) bond motifs is 1. The lowest BCUT2D eigenvalue weighted by atomic mass is 10.1. The molecule has 1 saturated heterocycles. The van der Waals surface area contributed by atoms with Crippen LogP contribution >= 0.6 is 11.3 Å². The molecule has 11 nitrogen and oxygen atoms in total. The highest BCUT2D eigenvalue weighted by atomic mass is 32.2. The standard InChI is InChI=1S/C24H26N4O7S2/c29-11-1-12-34-20-9-8-19-23(26-20)36-24(25-19)27-22(30)21(28-35-16-10-13-33-14-16)15-2-4-17(5-3-15)37(31,32)18-6-7-18/h2-5,8-9,16,18,29H,1,6-7,10-14H2,(H,25,27,30)/t16-/m1/s1. The highest BCUT2D eigenvalue weighted by molar-refractivity contribution is 7.92. The van der Waals surface area contributed by atoms with Crippen LogP contribution in [0.4, 0.5) is 5.13 Å². The number of thiazole rings is 1. The van der Waals surface area contributed by atoms with Gasteiger partial charge in [0.2, 0.25) is 5.88 Å². The van der Waals surface area contributed by atoms with E-state index in [4.69, 9.17) is 19.4 Å². The van der Waals surface area contributed by atoms with Crippen LogP contribution in [0.1, 0.15) is 31.2 Å². The Balaban J connectivity index is 1.36. The first-order chi connectivity index (χ1) is 17.9. The highest BCUT2D eigenvalue weighted by Gasteiger charge is 2.36. The lowest BCUT2D eigenvalue weighted by Crippen LogP contribution is -2.25. The predicted octanol–water partition coefficient (Wildman–Crippen LogP) is 2.54. The maximum absolute atomic E-state index is 13.3. The monoisotopic (exact) mass is 546 g/mol. The number of nitrogens with zero attached hydrogens (tertiary/aromatic N) is 3. The number of oxime groups is 1. The van der Waals surface area contributed by atoms with Crippen LogP contribution in [0, 0.1) is 0 Å². The van der Waals surface area contributed by atoms with E-state index in [1.807, 2.05) is 0 Å². The van der Waals surface area contributed by atoms with Crippen LogP contribution < -0.4 is 10.1 Å². The molecule has 3 aromatic rings. The summed E-state index contributed by atoms with van der Waals surface area (Å²) in [5.74, 6) is -0.159. The number of sulfone groups is 1. The first-order valence-electron chi connectivity index (χ1n) is 11.9. The molecule has 5 rings (SSSR count). The number of aliphatic hydroxyl groups is 1. The fraction of sp³-hybridized carbons (Fsp3) is 0.417. The van der Waals surface area contributed by atoms with Crippen molar-refractivity contribution < 1.29 is 32.6 Å². The fourth-order valence-electron chi connectivity index (χ4n) is 3.65. The summed E-state index contributed by atoms with van der Waals surface area (Å²) >= 11 is 1.17. The number of amides is 1. The largest absolute Gasteiger partial charge is 0.478 e. The van der Waals surface area contributed by atoms with E-state index in [1.54, 1.807) is 24.3 Å². The van der Waals surface area contributed by atoms with Gasteiger partial charge in [-0.3, -0.25) is 10.1 Å². The van der Waals surface area contributed by atoms with Gasteiger partial charge in [-0.15, -0.1) is 0 Å². The maximum atomic E-state index is 13.3. The molecule has 0 radical (unpaired) electrons. The van der Waals surface area contributed by atoms with Crippen LogP contribution in [0.15, 0.2) is 46.4 Å². The summed E-state index contributed by atoms with van der Waals surface area (Å²) in [6.45, 7) is 1.30. The normalized spacial score (nSPS) is 18.2. The van der Waals surface area contributed by atoms with Crippen LogP contribution in [-0.2, 0) is 24.2 Å². The van der Waals surface area contributed by atoms with Gasteiger partial charge >= 0.3 is 0 Å². The zero-order chi connectivity index (χ0) is 25.8. The Hall–Kier alpha value is -3.13. The molecule has 13 heteroatoms. The highest BCUT2D eigenvalue weighted by Crippen LogP contribution is 2.33. The number of anilines is 1. The van der Waals surface area contributed by atoms with Gasteiger partial charge in [0, 0.05) is 31.1 Å². The number of hydrogen-bond acceptors (Lipinski definition) is 11. The molecule has 1 aliphatic carbocycles. The SMILES string of the molecule is O=C(Nc1nc2ccc(OCCCO)nc2s1)C(=NO[C@@H]1CCOC1)c1ccc(S(=O)(=O)C2CC2)cc1. The smallest absolute Gasteiger partial charge is 0.280 e. The predicted molar refractivity (Wildman–Crippen MR) is 137 cm³/mol. The molecule has 1 aromatic carbocycles. The Labute approximate surface area is 217 Å². The van der Waals surface area contributed by atoms with Crippen LogP contribution in [0.3, 0.4) is 0 Å². The van der Waals surface area contributed by atoms with E-state index in [9.17, 15) is 13.2 Å². The number of aromatic nitrogens is 2. The van der Waals surface area contributed by atoms with Crippen LogP contribution in [0.5, 0.6) is 5.88 Å². The number of hydrogen-bond donors (Lipinski definition) is 2. The third-order valence-electron chi connectivity index (χ3n) is 5.82. The van der Waals surface area contributed by atoms with Crippen molar-refractivity contribution in [2.24, 2.45) is 5.16 Å². The van der Waals surface area contributed by atoms with Crippen LogP contribution in [0.2, 0.25) is 0 Å². The summed E-state index contributed by atoms with van der Waals surface area (Å²) in [5, 5.41) is 15.8. The Kier molecular flexibility index (Phi) is 7.65. The van der Waals surface area contributed by atoms with Crippen LogP contribution in [0.25, 0.3) is 10.3 Å². The number of benzene rings is 1. The van der Waals surface area contributed by atoms with Crippen molar-refractivity contribution in [1.29, 1.82) is 0 Å². The zero-order valence-electron chi connectivity index (χ0n) is 19.8. The second-order valence-corrected chi connectivity index (χ2v) is 11.9. The van der Waals surface area contributed by atoms with E-state index in [-0.39, 0.29) is 28.6 Å². The van der Waals surface area contributed by atoms with Crippen molar-refractivity contribution in [3.05, 3.63) is 42.0 Å². The summed E-state index contributed by atoms with van der Waals surface area (Å²) < 4.78 is 35.9. The molecule has 2 aliphatic rings. The first kappa shape index (κ1) is 25.5. The summed E-state index contributed by atoms with van der Waals surface area (Å²) in [7, 11) is -3.35. The lowest BCUT2D eigenvalue weighted by Gasteiger charge is -2.10. The van der Waals surface area contributed by atoms with Crippen molar-refractivity contribution in [3.8, 4) is 5.88 Å². The van der Waals surface area contributed by atoms with Crippen molar-refractivity contribution >= 4 is 48.3 Å². The number of nitrogens with one attached hydrogen (secondary N) is 1. The second kappa shape index (κ2) is 11.1. The number of carbonyl (C=O) groups is 1.